The van der Waals surface area contributed by atoms with Crippen LogP contribution in [0, 0.1) is 5.82 Å². The maximum atomic E-state index is 13.3. The molecule has 4 rings (SSSR count). The minimum absolute atomic E-state index is 0.0232. The number of rotatable bonds is 7. The van der Waals surface area contributed by atoms with Gasteiger partial charge in [-0.15, -0.1) is 0 Å². The van der Waals surface area contributed by atoms with E-state index in [0.29, 0.717) is 17.1 Å². The van der Waals surface area contributed by atoms with Gasteiger partial charge in [0.1, 0.15) is 12.4 Å². The summed E-state index contributed by atoms with van der Waals surface area (Å²) in [6, 6.07) is 9.14. The second-order valence-electron chi connectivity index (χ2n) is 8.67. The lowest BCUT2D eigenvalue weighted by Crippen LogP contribution is -2.43. The van der Waals surface area contributed by atoms with Crippen LogP contribution in [0.1, 0.15) is 35.5 Å². The number of hydrogen-bond donors (Lipinski definition) is 2. The summed E-state index contributed by atoms with van der Waals surface area (Å²) < 4.78 is 24.7. The largest absolute Gasteiger partial charge is 0.504 e. The van der Waals surface area contributed by atoms with E-state index in [2.05, 4.69) is 15.3 Å². The Balaban J connectivity index is 1.70. The van der Waals surface area contributed by atoms with Gasteiger partial charge >= 0.3 is 5.97 Å². The highest BCUT2D eigenvalue weighted by atomic mass is 19.1. The van der Waals surface area contributed by atoms with E-state index in [9.17, 15) is 14.3 Å². The van der Waals surface area contributed by atoms with Crippen LogP contribution in [0.25, 0.3) is 11.6 Å². The fraction of sp³-hybridized carbons (Fsp3) is 0.240. The lowest BCUT2D eigenvalue weighted by molar-refractivity contribution is 0.0252. The quantitative estimate of drug-likeness (QED) is 0.474. The van der Waals surface area contributed by atoms with Crippen molar-refractivity contribution < 1.29 is 23.4 Å². The van der Waals surface area contributed by atoms with Gasteiger partial charge in [0.05, 0.1) is 0 Å². The number of aliphatic imine (C=N–C) groups is 1. The summed E-state index contributed by atoms with van der Waals surface area (Å²) in [5.74, 6) is -0.971. The first-order chi connectivity index (χ1) is 16.2. The van der Waals surface area contributed by atoms with Gasteiger partial charge in [0.15, 0.2) is 22.9 Å². The van der Waals surface area contributed by atoms with Crippen LogP contribution in [0.4, 0.5) is 21.8 Å². The Bertz CT molecular complexity index is 1280. The molecule has 1 aliphatic rings. The van der Waals surface area contributed by atoms with Gasteiger partial charge < -0.3 is 24.5 Å². The van der Waals surface area contributed by atoms with Crippen LogP contribution < -0.4 is 5.32 Å². The maximum Gasteiger partial charge on any atom is 0.347 e. The van der Waals surface area contributed by atoms with Crippen molar-refractivity contribution in [3.63, 3.8) is 0 Å². The Labute approximate surface area is 196 Å². The average molecular weight is 464 g/mol. The van der Waals surface area contributed by atoms with Gasteiger partial charge in [-0.1, -0.05) is 0 Å². The van der Waals surface area contributed by atoms with Crippen molar-refractivity contribution in [1.29, 1.82) is 0 Å². The predicted molar refractivity (Wildman–Crippen MR) is 128 cm³/mol. The van der Waals surface area contributed by atoms with Crippen LogP contribution >= 0.6 is 0 Å². The molecule has 3 heterocycles. The molecule has 1 aliphatic heterocycles. The number of aromatic nitrogens is 1. The Morgan fingerprint density at radius 2 is 2.00 bits per heavy atom. The van der Waals surface area contributed by atoms with Gasteiger partial charge in [-0.3, -0.25) is 0 Å². The first-order valence-corrected chi connectivity index (χ1v) is 10.6. The lowest BCUT2D eigenvalue weighted by Gasteiger charge is -2.31. The first kappa shape index (κ1) is 23.2. The summed E-state index contributed by atoms with van der Waals surface area (Å²) in [6.45, 7) is 3.93. The van der Waals surface area contributed by atoms with Crippen molar-refractivity contribution in [2.24, 2.45) is 4.99 Å². The van der Waals surface area contributed by atoms with E-state index in [1.807, 2.05) is 38.9 Å². The summed E-state index contributed by atoms with van der Waals surface area (Å²) >= 11 is 0. The van der Waals surface area contributed by atoms with Crippen LogP contribution in [0.3, 0.4) is 0 Å². The smallest absolute Gasteiger partial charge is 0.347 e. The molecule has 0 saturated heterocycles. The number of likely N-dealkylation sites (N-methyl/N-ethyl adjacent to an activating group) is 1. The highest BCUT2D eigenvalue weighted by Gasteiger charge is 2.30. The van der Waals surface area contributed by atoms with E-state index in [1.165, 1.54) is 24.3 Å². The molecule has 34 heavy (non-hydrogen) atoms. The molecule has 2 N–H and O–H groups in total. The number of hydrogen-bond acceptors (Lipinski definition) is 8. The van der Waals surface area contributed by atoms with Crippen molar-refractivity contribution in [1.82, 2.24) is 9.88 Å². The van der Waals surface area contributed by atoms with E-state index >= 15 is 0 Å². The molecule has 0 bridgehead atoms. The van der Waals surface area contributed by atoms with Gasteiger partial charge in [-0.25, -0.2) is 19.2 Å². The molecule has 1 aromatic carbocycles. The second kappa shape index (κ2) is 9.11. The minimum Gasteiger partial charge on any atom is -0.504 e. The second-order valence-corrected chi connectivity index (χ2v) is 8.67. The van der Waals surface area contributed by atoms with Gasteiger partial charge in [0, 0.05) is 34.8 Å². The van der Waals surface area contributed by atoms with Crippen LogP contribution in [0.15, 0.2) is 52.0 Å². The number of esters is 1. The Kier molecular flexibility index (Phi) is 6.21. The standard InChI is InChI=1S/C25H25FN4O4/c1-25(2,30(3)4)14-33-24(32)20-21(31)19(12-15-13-28-22-18(15)6-5-11-27-22)34-23(20)29-17-9-7-16(26)8-10-17/h5-13,29,31H,14H2,1-4H3. The Hall–Kier alpha value is -3.98. The number of nitrogens with zero attached hydrogens (tertiary/aromatic N) is 3. The van der Waals surface area contributed by atoms with Crippen molar-refractivity contribution in [3.8, 4) is 5.75 Å². The van der Waals surface area contributed by atoms with Crippen LogP contribution in [-0.4, -0.2) is 53.4 Å². The summed E-state index contributed by atoms with van der Waals surface area (Å²) in [6.07, 6.45) is 4.81. The number of fused-ring (bicyclic) bond motifs is 1. The fourth-order valence-corrected chi connectivity index (χ4v) is 3.10. The van der Waals surface area contributed by atoms with E-state index in [4.69, 9.17) is 9.15 Å². The van der Waals surface area contributed by atoms with Crippen molar-refractivity contribution >= 4 is 41.2 Å². The number of furan rings is 1. The highest BCUT2D eigenvalue weighted by molar-refractivity contribution is 6.21. The van der Waals surface area contributed by atoms with Crippen molar-refractivity contribution in [3.05, 3.63) is 65.3 Å². The zero-order valence-electron chi connectivity index (χ0n) is 19.3. The molecule has 0 atom stereocenters. The SMILES string of the molecule is CN(C)C(C)(C)COC(=O)c1c(Nc2ccc(F)cc2)oc(C=C2C=Nc3ncccc32)c1O. The molecule has 9 heteroatoms. The molecule has 0 fully saturated rings. The molecule has 0 amide bonds. The monoisotopic (exact) mass is 464 g/mol. The third-order valence-electron chi connectivity index (χ3n) is 5.69. The van der Waals surface area contributed by atoms with E-state index < -0.39 is 17.3 Å². The summed E-state index contributed by atoms with van der Waals surface area (Å²) in [5.41, 5.74) is 1.31. The number of pyridine rings is 1. The Morgan fingerprint density at radius 1 is 1.26 bits per heavy atom. The maximum absolute atomic E-state index is 13.3. The number of benzene rings is 1. The first-order valence-electron chi connectivity index (χ1n) is 10.6. The van der Waals surface area contributed by atoms with E-state index in [1.54, 1.807) is 24.6 Å². The minimum atomic E-state index is -0.757. The number of carbonyl (C=O) groups excluding carboxylic acids is 1. The van der Waals surface area contributed by atoms with E-state index in [0.717, 1.165) is 5.56 Å². The van der Waals surface area contributed by atoms with Gasteiger partial charge in [-0.05, 0) is 70.4 Å². The third-order valence-corrected chi connectivity index (χ3v) is 5.69. The number of aromatic hydroxyl groups is 1. The number of allylic oxidation sites excluding steroid dienone is 1. The molecular weight excluding hydrogens is 439 g/mol. The van der Waals surface area contributed by atoms with Crippen LogP contribution in [-0.2, 0) is 4.74 Å². The molecule has 0 aliphatic carbocycles. The summed E-state index contributed by atoms with van der Waals surface area (Å²) in [7, 11) is 3.76. The zero-order chi connectivity index (χ0) is 24.5. The number of anilines is 2. The number of carbonyl (C=O) groups is 1. The molecule has 0 saturated carbocycles. The van der Waals surface area contributed by atoms with Crippen LogP contribution in [0.5, 0.6) is 5.75 Å². The topological polar surface area (TPSA) is 100 Å². The molecule has 8 nitrogen and oxygen atoms in total. The molecule has 3 aromatic rings. The molecule has 2 aromatic heterocycles. The molecule has 0 spiro atoms. The van der Waals surface area contributed by atoms with Crippen molar-refractivity contribution in [2.45, 2.75) is 19.4 Å². The zero-order valence-corrected chi connectivity index (χ0v) is 19.3. The average Bonchev–Trinajstić information content (AvgIpc) is 3.35. The van der Waals surface area contributed by atoms with Crippen LogP contribution in [0.2, 0.25) is 0 Å². The highest BCUT2D eigenvalue weighted by Crippen LogP contribution is 2.39. The Morgan fingerprint density at radius 3 is 2.71 bits per heavy atom. The van der Waals surface area contributed by atoms with Gasteiger partial charge in [0.2, 0.25) is 5.88 Å². The molecule has 0 radical (unpaired) electrons. The van der Waals surface area contributed by atoms with Gasteiger partial charge in [-0.2, -0.15) is 0 Å². The fourth-order valence-electron chi connectivity index (χ4n) is 3.10. The number of halogens is 1. The normalized spacial score (nSPS) is 14.0. The molecule has 176 valence electrons. The lowest BCUT2D eigenvalue weighted by atomic mass is 10.1. The molecule has 0 unspecified atom stereocenters. The molecular formula is C25H25FN4O4. The van der Waals surface area contributed by atoms with Gasteiger partial charge in [0.25, 0.3) is 0 Å². The third kappa shape index (κ3) is 4.69. The van der Waals surface area contributed by atoms with E-state index in [-0.39, 0.29) is 29.6 Å². The predicted octanol–water partition coefficient (Wildman–Crippen LogP) is 5.02. The van der Waals surface area contributed by atoms with Crippen molar-refractivity contribution in [2.75, 3.05) is 26.0 Å². The summed E-state index contributed by atoms with van der Waals surface area (Å²) in [4.78, 5) is 23.4. The number of ether oxygens (including phenoxy) is 1. The summed E-state index contributed by atoms with van der Waals surface area (Å²) in [5, 5.41) is 13.9. The number of nitrogens with one attached hydrogen (secondary N) is 1.